The lowest BCUT2D eigenvalue weighted by molar-refractivity contribution is -0.116. The summed E-state index contributed by atoms with van der Waals surface area (Å²) in [7, 11) is 0. The highest BCUT2D eigenvalue weighted by Gasteiger charge is 2.05. The fourth-order valence-electron chi connectivity index (χ4n) is 1.61. The van der Waals surface area contributed by atoms with Crippen LogP contribution >= 0.6 is 0 Å². The molecule has 0 saturated heterocycles. The van der Waals surface area contributed by atoms with Gasteiger partial charge in [-0.2, -0.15) is 0 Å². The quantitative estimate of drug-likeness (QED) is 0.756. The molecule has 1 amide bonds. The van der Waals surface area contributed by atoms with Crippen LogP contribution in [-0.4, -0.2) is 28.5 Å². The van der Waals surface area contributed by atoms with Gasteiger partial charge in [-0.15, -0.1) is 0 Å². The van der Waals surface area contributed by atoms with E-state index in [0.29, 0.717) is 18.4 Å². The van der Waals surface area contributed by atoms with Crippen LogP contribution in [0.15, 0.2) is 6.07 Å². The molecule has 100 valence electrons. The average Bonchev–Trinajstić information content (AvgIpc) is 2.22. The molecule has 0 aliphatic heterocycles. The predicted molar refractivity (Wildman–Crippen MR) is 72.5 cm³/mol. The average molecular weight is 250 g/mol. The number of rotatable bonds is 6. The minimum absolute atomic E-state index is 0.0365. The standard InChI is InChI=1S/C13H22N4O/c1-9(2)14-7-5-6-12(18)17-13-15-10(3)8-11(4)16-13/h8-9,14H,5-7H2,1-4H3,(H,15,16,17,18). The highest BCUT2D eigenvalue weighted by Crippen LogP contribution is 2.04. The van der Waals surface area contributed by atoms with E-state index in [-0.39, 0.29) is 5.91 Å². The first-order chi connectivity index (χ1) is 8.47. The van der Waals surface area contributed by atoms with Crippen molar-refractivity contribution in [2.75, 3.05) is 11.9 Å². The van der Waals surface area contributed by atoms with Crippen LogP contribution < -0.4 is 10.6 Å². The molecule has 1 aromatic rings. The second-order valence-electron chi connectivity index (χ2n) is 4.73. The van der Waals surface area contributed by atoms with E-state index in [4.69, 9.17) is 0 Å². The van der Waals surface area contributed by atoms with Crippen molar-refractivity contribution in [2.24, 2.45) is 0 Å². The first-order valence-electron chi connectivity index (χ1n) is 6.33. The Morgan fingerprint density at radius 1 is 1.28 bits per heavy atom. The molecule has 1 aromatic heterocycles. The number of carbonyl (C=O) groups excluding carboxylic acids is 1. The Kier molecular flexibility index (Phi) is 5.71. The Labute approximate surface area is 108 Å². The SMILES string of the molecule is Cc1cc(C)nc(NC(=O)CCCNC(C)C)n1. The number of carbonyl (C=O) groups is 1. The summed E-state index contributed by atoms with van der Waals surface area (Å²) in [5.41, 5.74) is 1.72. The van der Waals surface area contributed by atoms with Gasteiger partial charge in [0.2, 0.25) is 11.9 Å². The van der Waals surface area contributed by atoms with Gasteiger partial charge in [-0.05, 0) is 32.9 Å². The molecule has 0 aromatic carbocycles. The molecule has 0 saturated carbocycles. The van der Waals surface area contributed by atoms with E-state index in [1.807, 2.05) is 19.9 Å². The maximum Gasteiger partial charge on any atom is 0.229 e. The first-order valence-corrected chi connectivity index (χ1v) is 6.33. The van der Waals surface area contributed by atoms with Gasteiger partial charge < -0.3 is 5.32 Å². The predicted octanol–water partition coefficient (Wildman–Crippen LogP) is 1.81. The van der Waals surface area contributed by atoms with Crippen molar-refractivity contribution in [3.8, 4) is 0 Å². The summed E-state index contributed by atoms with van der Waals surface area (Å²) >= 11 is 0. The molecule has 5 nitrogen and oxygen atoms in total. The minimum atomic E-state index is -0.0365. The molecule has 0 unspecified atom stereocenters. The Bertz CT molecular complexity index is 384. The van der Waals surface area contributed by atoms with Crippen LogP contribution in [0.5, 0.6) is 0 Å². The third-order valence-corrected chi connectivity index (χ3v) is 2.37. The number of aromatic nitrogens is 2. The van der Waals surface area contributed by atoms with Crippen LogP contribution in [0, 0.1) is 13.8 Å². The van der Waals surface area contributed by atoms with Crippen molar-refractivity contribution in [1.29, 1.82) is 0 Å². The first kappa shape index (κ1) is 14.6. The van der Waals surface area contributed by atoms with Crippen LogP contribution in [0.3, 0.4) is 0 Å². The summed E-state index contributed by atoms with van der Waals surface area (Å²) in [4.78, 5) is 20.0. The second kappa shape index (κ2) is 7.06. The zero-order chi connectivity index (χ0) is 13.5. The minimum Gasteiger partial charge on any atom is -0.315 e. The Morgan fingerprint density at radius 2 is 1.89 bits per heavy atom. The second-order valence-corrected chi connectivity index (χ2v) is 4.73. The Balaban J connectivity index is 2.35. The van der Waals surface area contributed by atoms with E-state index in [2.05, 4.69) is 34.4 Å². The maximum absolute atomic E-state index is 11.7. The summed E-state index contributed by atoms with van der Waals surface area (Å²) in [6.07, 6.45) is 1.30. The number of aryl methyl sites for hydroxylation is 2. The van der Waals surface area contributed by atoms with Gasteiger partial charge in [-0.25, -0.2) is 9.97 Å². The number of anilines is 1. The lowest BCUT2D eigenvalue weighted by Gasteiger charge is -2.08. The topological polar surface area (TPSA) is 66.9 Å². The Hall–Kier alpha value is -1.49. The van der Waals surface area contributed by atoms with E-state index in [1.165, 1.54) is 0 Å². The van der Waals surface area contributed by atoms with Gasteiger partial charge in [0.1, 0.15) is 0 Å². The van der Waals surface area contributed by atoms with Gasteiger partial charge in [0.15, 0.2) is 0 Å². The van der Waals surface area contributed by atoms with Gasteiger partial charge in [-0.1, -0.05) is 13.8 Å². The third-order valence-electron chi connectivity index (χ3n) is 2.37. The zero-order valence-electron chi connectivity index (χ0n) is 11.6. The summed E-state index contributed by atoms with van der Waals surface area (Å²) in [5, 5.41) is 5.99. The lowest BCUT2D eigenvalue weighted by Crippen LogP contribution is -2.25. The molecule has 0 radical (unpaired) electrons. The molecular weight excluding hydrogens is 228 g/mol. The van der Waals surface area contributed by atoms with Crippen molar-refractivity contribution in [3.63, 3.8) is 0 Å². The van der Waals surface area contributed by atoms with Crippen LogP contribution in [0.1, 0.15) is 38.1 Å². The summed E-state index contributed by atoms with van der Waals surface area (Å²) in [5.74, 6) is 0.361. The molecule has 0 aliphatic rings. The fourth-order valence-corrected chi connectivity index (χ4v) is 1.61. The molecule has 0 aliphatic carbocycles. The number of hydrogen-bond donors (Lipinski definition) is 2. The van der Waals surface area contributed by atoms with Crippen molar-refractivity contribution in [3.05, 3.63) is 17.5 Å². The normalized spacial score (nSPS) is 10.7. The van der Waals surface area contributed by atoms with Crippen LogP contribution in [0.2, 0.25) is 0 Å². The molecule has 1 heterocycles. The molecule has 2 N–H and O–H groups in total. The lowest BCUT2D eigenvalue weighted by atomic mass is 10.3. The molecule has 0 fully saturated rings. The molecular formula is C13H22N4O. The van der Waals surface area contributed by atoms with Gasteiger partial charge >= 0.3 is 0 Å². The van der Waals surface area contributed by atoms with Crippen LogP contribution in [0.25, 0.3) is 0 Å². The molecule has 0 bridgehead atoms. The fraction of sp³-hybridized carbons (Fsp3) is 0.615. The summed E-state index contributed by atoms with van der Waals surface area (Å²) < 4.78 is 0. The smallest absolute Gasteiger partial charge is 0.229 e. The number of hydrogen-bond acceptors (Lipinski definition) is 4. The third kappa shape index (κ3) is 5.72. The summed E-state index contributed by atoms with van der Waals surface area (Å²) in [6, 6.07) is 2.33. The van der Waals surface area contributed by atoms with E-state index in [9.17, 15) is 4.79 Å². The van der Waals surface area contributed by atoms with E-state index >= 15 is 0 Å². The van der Waals surface area contributed by atoms with E-state index < -0.39 is 0 Å². The Morgan fingerprint density at radius 3 is 2.44 bits per heavy atom. The highest BCUT2D eigenvalue weighted by atomic mass is 16.1. The molecule has 1 rings (SSSR count). The largest absolute Gasteiger partial charge is 0.315 e. The monoisotopic (exact) mass is 250 g/mol. The van der Waals surface area contributed by atoms with Gasteiger partial charge in [-0.3, -0.25) is 10.1 Å². The number of amides is 1. The van der Waals surface area contributed by atoms with Crippen molar-refractivity contribution in [1.82, 2.24) is 15.3 Å². The number of nitrogens with zero attached hydrogens (tertiary/aromatic N) is 2. The molecule has 18 heavy (non-hydrogen) atoms. The number of nitrogens with one attached hydrogen (secondary N) is 2. The molecule has 0 spiro atoms. The van der Waals surface area contributed by atoms with E-state index in [1.54, 1.807) is 0 Å². The van der Waals surface area contributed by atoms with Crippen molar-refractivity contribution < 1.29 is 4.79 Å². The summed E-state index contributed by atoms with van der Waals surface area (Å²) in [6.45, 7) is 8.79. The van der Waals surface area contributed by atoms with Gasteiger partial charge in [0.05, 0.1) is 0 Å². The molecule has 0 atom stereocenters. The van der Waals surface area contributed by atoms with Crippen molar-refractivity contribution >= 4 is 11.9 Å². The van der Waals surface area contributed by atoms with Gasteiger partial charge in [0.25, 0.3) is 0 Å². The van der Waals surface area contributed by atoms with Gasteiger partial charge in [0, 0.05) is 23.9 Å². The zero-order valence-corrected chi connectivity index (χ0v) is 11.6. The molecule has 5 heteroatoms. The highest BCUT2D eigenvalue weighted by molar-refractivity contribution is 5.88. The van der Waals surface area contributed by atoms with Crippen LogP contribution in [0.4, 0.5) is 5.95 Å². The van der Waals surface area contributed by atoms with Crippen LogP contribution in [-0.2, 0) is 4.79 Å². The maximum atomic E-state index is 11.7. The van der Waals surface area contributed by atoms with Crippen molar-refractivity contribution in [2.45, 2.75) is 46.6 Å². The van der Waals surface area contributed by atoms with E-state index in [0.717, 1.165) is 24.4 Å².